The SMILES string of the molecule is C#CC#COc1cc(O)c2c(c1N)C(=O)c1ccccc1C2=O. The Bertz CT molecular complexity index is 971. The first-order valence-electron chi connectivity index (χ1n) is 6.52. The standard InChI is InChI=1S/C18H9NO4/c1-2-3-8-23-13-9-12(20)14-15(16(13)19)18(22)11-7-5-4-6-10(11)17(14)21/h1,4-7,9,20H,19H2. The summed E-state index contributed by atoms with van der Waals surface area (Å²) in [5.74, 6) is 2.91. The molecule has 0 spiro atoms. The smallest absolute Gasteiger partial charge is 0.198 e. The number of carbonyl (C=O) groups is 2. The molecule has 0 unspecified atom stereocenters. The number of anilines is 1. The van der Waals surface area contributed by atoms with Crippen molar-refractivity contribution in [2.75, 3.05) is 5.73 Å². The van der Waals surface area contributed by atoms with Crippen LogP contribution in [0.2, 0.25) is 0 Å². The van der Waals surface area contributed by atoms with Gasteiger partial charge < -0.3 is 15.6 Å². The number of phenolic OH excluding ortho intramolecular Hbond substituents is 1. The van der Waals surface area contributed by atoms with Crippen LogP contribution in [-0.4, -0.2) is 16.7 Å². The molecule has 0 amide bonds. The number of phenols is 1. The van der Waals surface area contributed by atoms with E-state index in [1.165, 1.54) is 12.1 Å². The van der Waals surface area contributed by atoms with Crippen LogP contribution in [0.5, 0.6) is 11.5 Å². The average Bonchev–Trinajstić information content (AvgIpc) is 2.55. The number of terminal acetylenes is 1. The van der Waals surface area contributed by atoms with E-state index in [2.05, 4.69) is 17.9 Å². The highest BCUT2D eigenvalue weighted by Gasteiger charge is 2.35. The van der Waals surface area contributed by atoms with E-state index in [0.717, 1.165) is 6.07 Å². The molecular weight excluding hydrogens is 294 g/mol. The maximum Gasteiger partial charge on any atom is 0.198 e. The number of fused-ring (bicyclic) bond motifs is 2. The van der Waals surface area contributed by atoms with Gasteiger partial charge in [0.2, 0.25) is 0 Å². The Morgan fingerprint density at radius 1 is 1.09 bits per heavy atom. The molecule has 23 heavy (non-hydrogen) atoms. The zero-order chi connectivity index (χ0) is 16.6. The van der Waals surface area contributed by atoms with Crippen molar-refractivity contribution in [3.8, 4) is 35.9 Å². The zero-order valence-corrected chi connectivity index (χ0v) is 11.7. The minimum Gasteiger partial charge on any atom is -0.507 e. The van der Waals surface area contributed by atoms with Crippen LogP contribution in [0.3, 0.4) is 0 Å². The highest BCUT2D eigenvalue weighted by molar-refractivity contribution is 6.31. The van der Waals surface area contributed by atoms with E-state index in [1.54, 1.807) is 12.1 Å². The average molecular weight is 303 g/mol. The van der Waals surface area contributed by atoms with Crippen molar-refractivity contribution in [3.05, 3.63) is 52.6 Å². The minimum absolute atomic E-state index is 0.0375. The van der Waals surface area contributed by atoms with Crippen molar-refractivity contribution in [3.63, 3.8) is 0 Å². The van der Waals surface area contributed by atoms with E-state index in [0.29, 0.717) is 0 Å². The van der Waals surface area contributed by atoms with E-state index in [1.807, 2.05) is 0 Å². The summed E-state index contributed by atoms with van der Waals surface area (Å²) in [4.78, 5) is 25.2. The summed E-state index contributed by atoms with van der Waals surface area (Å²) in [6, 6.07) is 7.47. The first-order chi connectivity index (χ1) is 11.1. The number of aromatic hydroxyl groups is 1. The molecule has 0 fully saturated rings. The molecule has 0 saturated heterocycles. The lowest BCUT2D eigenvalue weighted by Gasteiger charge is -2.20. The summed E-state index contributed by atoms with van der Waals surface area (Å²) in [6.45, 7) is 0. The molecule has 3 N–H and O–H groups in total. The highest BCUT2D eigenvalue weighted by atomic mass is 16.5. The van der Waals surface area contributed by atoms with Gasteiger partial charge in [0.1, 0.15) is 11.9 Å². The second kappa shape index (κ2) is 5.25. The lowest BCUT2D eigenvalue weighted by Crippen LogP contribution is -2.22. The van der Waals surface area contributed by atoms with Crippen LogP contribution in [0.25, 0.3) is 0 Å². The lowest BCUT2D eigenvalue weighted by molar-refractivity contribution is 0.0977. The number of carbonyl (C=O) groups excluding carboxylic acids is 2. The fourth-order valence-corrected chi connectivity index (χ4v) is 2.47. The Morgan fingerprint density at radius 2 is 1.70 bits per heavy atom. The Kier molecular flexibility index (Phi) is 3.25. The third-order valence-electron chi connectivity index (χ3n) is 3.46. The molecule has 110 valence electrons. The van der Waals surface area contributed by atoms with Crippen molar-refractivity contribution in [2.45, 2.75) is 0 Å². The monoisotopic (exact) mass is 303 g/mol. The third-order valence-corrected chi connectivity index (χ3v) is 3.46. The van der Waals surface area contributed by atoms with Gasteiger partial charge in [0.05, 0.1) is 16.8 Å². The number of ether oxygens (including phenoxy) is 1. The van der Waals surface area contributed by atoms with E-state index in [-0.39, 0.29) is 33.7 Å². The van der Waals surface area contributed by atoms with Crippen LogP contribution in [-0.2, 0) is 0 Å². The predicted molar refractivity (Wildman–Crippen MR) is 83.1 cm³/mol. The molecule has 2 aromatic carbocycles. The van der Waals surface area contributed by atoms with Crippen molar-refractivity contribution in [1.29, 1.82) is 0 Å². The van der Waals surface area contributed by atoms with Crippen LogP contribution in [0.1, 0.15) is 31.8 Å². The highest BCUT2D eigenvalue weighted by Crippen LogP contribution is 2.40. The Hall–Kier alpha value is -3.70. The Labute approximate surface area is 131 Å². The first-order valence-corrected chi connectivity index (χ1v) is 6.52. The van der Waals surface area contributed by atoms with Crippen LogP contribution >= 0.6 is 0 Å². The van der Waals surface area contributed by atoms with Gasteiger partial charge in [0.15, 0.2) is 17.3 Å². The van der Waals surface area contributed by atoms with Gasteiger partial charge in [-0.2, -0.15) is 0 Å². The molecule has 0 heterocycles. The van der Waals surface area contributed by atoms with Crippen molar-refractivity contribution < 1.29 is 19.4 Å². The maximum absolute atomic E-state index is 12.6. The van der Waals surface area contributed by atoms with E-state index in [9.17, 15) is 14.7 Å². The molecular formula is C18H9NO4. The minimum atomic E-state index is -0.472. The van der Waals surface area contributed by atoms with Crippen LogP contribution < -0.4 is 10.5 Å². The summed E-state index contributed by atoms with van der Waals surface area (Å²) in [6.07, 6.45) is 7.18. The summed E-state index contributed by atoms with van der Waals surface area (Å²) in [5.41, 5.74) is 6.08. The van der Waals surface area contributed by atoms with Gasteiger partial charge in [-0.05, 0) is 5.92 Å². The number of nitrogens with two attached hydrogens (primary N) is 1. The van der Waals surface area contributed by atoms with E-state index in [4.69, 9.17) is 16.9 Å². The van der Waals surface area contributed by atoms with Crippen molar-refractivity contribution in [1.82, 2.24) is 0 Å². The summed E-state index contributed by atoms with van der Waals surface area (Å²) in [7, 11) is 0. The molecule has 5 nitrogen and oxygen atoms in total. The molecule has 2 aromatic rings. The fraction of sp³-hybridized carbons (Fsp3) is 0. The lowest BCUT2D eigenvalue weighted by atomic mass is 9.82. The van der Waals surface area contributed by atoms with Gasteiger partial charge in [0.25, 0.3) is 0 Å². The van der Waals surface area contributed by atoms with Crippen LogP contribution in [0.4, 0.5) is 5.69 Å². The molecule has 0 saturated carbocycles. The quantitative estimate of drug-likeness (QED) is 0.406. The molecule has 0 aliphatic heterocycles. The van der Waals surface area contributed by atoms with Crippen molar-refractivity contribution in [2.24, 2.45) is 0 Å². The largest absolute Gasteiger partial charge is 0.507 e. The molecule has 3 rings (SSSR count). The number of benzene rings is 2. The third kappa shape index (κ3) is 2.08. The summed E-state index contributed by atoms with van der Waals surface area (Å²) >= 11 is 0. The summed E-state index contributed by atoms with van der Waals surface area (Å²) < 4.78 is 5.04. The van der Waals surface area contributed by atoms with E-state index >= 15 is 0 Å². The first kappa shape index (κ1) is 14.2. The number of rotatable bonds is 1. The molecule has 0 radical (unpaired) electrons. The zero-order valence-electron chi connectivity index (χ0n) is 11.7. The topological polar surface area (TPSA) is 89.6 Å². The molecule has 5 heteroatoms. The van der Waals surface area contributed by atoms with Gasteiger partial charge >= 0.3 is 0 Å². The second-order valence-electron chi connectivity index (χ2n) is 4.73. The maximum atomic E-state index is 12.6. The van der Waals surface area contributed by atoms with Crippen LogP contribution in [0.15, 0.2) is 30.3 Å². The Morgan fingerprint density at radius 3 is 2.30 bits per heavy atom. The molecule has 1 aliphatic carbocycles. The van der Waals surface area contributed by atoms with Gasteiger partial charge in [0, 0.05) is 23.1 Å². The van der Waals surface area contributed by atoms with Gasteiger partial charge in [-0.1, -0.05) is 24.3 Å². The molecule has 1 aliphatic rings. The fourth-order valence-electron chi connectivity index (χ4n) is 2.47. The number of hydrogen-bond acceptors (Lipinski definition) is 5. The number of nitrogen functional groups attached to an aromatic ring is 1. The van der Waals surface area contributed by atoms with E-state index < -0.39 is 17.3 Å². The Balaban J connectivity index is 2.25. The molecule has 0 aromatic heterocycles. The van der Waals surface area contributed by atoms with Gasteiger partial charge in [-0.25, -0.2) is 0 Å². The number of hydrogen-bond donors (Lipinski definition) is 2. The predicted octanol–water partition coefficient (Wildman–Crippen LogP) is 1.72. The summed E-state index contributed by atoms with van der Waals surface area (Å²) in [5, 5.41) is 10.1. The molecule has 0 atom stereocenters. The van der Waals surface area contributed by atoms with Crippen LogP contribution in [0, 0.1) is 24.4 Å². The second-order valence-corrected chi connectivity index (χ2v) is 4.73. The van der Waals surface area contributed by atoms with Gasteiger partial charge in [-0.3, -0.25) is 9.59 Å². The normalized spacial score (nSPS) is 11.6. The van der Waals surface area contributed by atoms with Gasteiger partial charge in [-0.15, -0.1) is 6.42 Å². The molecule has 0 bridgehead atoms. The van der Waals surface area contributed by atoms with Crippen molar-refractivity contribution >= 4 is 17.3 Å². The number of ketones is 2.